The number of carbonyl (C=O) groups excluding carboxylic acids is 3. The van der Waals surface area contributed by atoms with Crippen LogP contribution in [0.1, 0.15) is 49.2 Å². The lowest BCUT2D eigenvalue weighted by atomic mass is 9.85. The van der Waals surface area contributed by atoms with Crippen molar-refractivity contribution in [1.82, 2.24) is 5.32 Å². The van der Waals surface area contributed by atoms with Gasteiger partial charge in [-0.25, -0.2) is 4.79 Å². The minimum absolute atomic E-state index is 0.0279. The van der Waals surface area contributed by atoms with E-state index in [9.17, 15) is 24.5 Å². The molecule has 0 aliphatic carbocycles. The predicted octanol–water partition coefficient (Wildman–Crippen LogP) is 3.37. The first-order chi connectivity index (χ1) is 14.5. The lowest BCUT2D eigenvalue weighted by Crippen LogP contribution is -2.43. The monoisotopic (exact) mass is 426 g/mol. The first-order valence-corrected chi connectivity index (χ1v) is 9.79. The molecule has 1 atom stereocenters. The van der Waals surface area contributed by atoms with Crippen LogP contribution in [-0.4, -0.2) is 35.2 Å². The molecule has 0 radical (unpaired) electrons. The van der Waals surface area contributed by atoms with Gasteiger partial charge in [0.1, 0.15) is 0 Å². The van der Waals surface area contributed by atoms with Crippen LogP contribution in [0.25, 0.3) is 0 Å². The molecule has 0 aromatic heterocycles. The van der Waals surface area contributed by atoms with Crippen molar-refractivity contribution in [3.63, 3.8) is 0 Å². The summed E-state index contributed by atoms with van der Waals surface area (Å²) in [5.74, 6) is -1.72. The third-order valence-corrected chi connectivity index (χ3v) is 4.68. The number of carbonyl (C=O) groups is 3. The minimum Gasteiger partial charge on any atom is -0.452 e. The zero-order valence-electron chi connectivity index (χ0n) is 18.0. The Labute approximate surface area is 180 Å². The Morgan fingerprint density at radius 3 is 2.29 bits per heavy atom. The van der Waals surface area contributed by atoms with Crippen molar-refractivity contribution >= 4 is 23.3 Å². The van der Waals surface area contributed by atoms with Crippen LogP contribution in [-0.2, 0) is 26.2 Å². The van der Waals surface area contributed by atoms with Crippen molar-refractivity contribution in [3.8, 4) is 0 Å². The van der Waals surface area contributed by atoms with Gasteiger partial charge in [-0.05, 0) is 30.4 Å². The van der Waals surface area contributed by atoms with E-state index >= 15 is 0 Å². The smallest absolute Gasteiger partial charge is 0.338 e. The van der Waals surface area contributed by atoms with Crippen molar-refractivity contribution in [3.05, 3.63) is 75.3 Å². The van der Waals surface area contributed by atoms with Gasteiger partial charge < -0.3 is 10.1 Å². The number of nitro groups is 1. The fourth-order valence-electron chi connectivity index (χ4n) is 3.04. The van der Waals surface area contributed by atoms with Crippen LogP contribution in [0.2, 0.25) is 0 Å². The van der Waals surface area contributed by atoms with Gasteiger partial charge in [-0.1, -0.05) is 57.2 Å². The second-order valence-corrected chi connectivity index (χ2v) is 8.24. The van der Waals surface area contributed by atoms with Gasteiger partial charge in [0.15, 0.2) is 12.4 Å². The number of ether oxygens (including phenoxy) is 1. The van der Waals surface area contributed by atoms with Crippen molar-refractivity contribution in [2.24, 2.45) is 0 Å². The number of ketones is 1. The Morgan fingerprint density at radius 2 is 1.74 bits per heavy atom. The maximum Gasteiger partial charge on any atom is 0.338 e. The van der Waals surface area contributed by atoms with Crippen LogP contribution >= 0.6 is 0 Å². The van der Waals surface area contributed by atoms with E-state index in [0.717, 1.165) is 11.6 Å². The van der Waals surface area contributed by atoms with E-state index in [1.165, 1.54) is 19.1 Å². The molecule has 0 heterocycles. The number of hydrogen-bond donors (Lipinski definition) is 1. The Bertz CT molecular complexity index is 979. The van der Waals surface area contributed by atoms with Gasteiger partial charge in [-0.3, -0.25) is 19.7 Å². The Kier molecular flexibility index (Phi) is 7.63. The number of esters is 1. The number of hydrogen-bond acceptors (Lipinski definition) is 6. The summed E-state index contributed by atoms with van der Waals surface area (Å²) in [6.45, 7) is 6.26. The molecular formula is C23H26N2O6. The number of nitrogens with zero attached hydrogens (tertiary/aromatic N) is 1. The van der Waals surface area contributed by atoms with Gasteiger partial charge in [0, 0.05) is 11.6 Å². The van der Waals surface area contributed by atoms with Crippen molar-refractivity contribution in [1.29, 1.82) is 0 Å². The van der Waals surface area contributed by atoms with Crippen LogP contribution in [0.4, 0.5) is 5.69 Å². The molecule has 2 rings (SSSR count). The first kappa shape index (κ1) is 23.7. The highest BCUT2D eigenvalue weighted by Crippen LogP contribution is 2.31. The van der Waals surface area contributed by atoms with Crippen molar-refractivity contribution < 1.29 is 24.0 Å². The zero-order chi connectivity index (χ0) is 23.2. The van der Waals surface area contributed by atoms with E-state index in [4.69, 9.17) is 4.74 Å². The van der Waals surface area contributed by atoms with Gasteiger partial charge >= 0.3 is 5.97 Å². The lowest BCUT2D eigenvalue weighted by Gasteiger charge is -2.19. The molecule has 31 heavy (non-hydrogen) atoms. The molecule has 0 saturated heterocycles. The van der Waals surface area contributed by atoms with Crippen LogP contribution in [0.15, 0.2) is 48.5 Å². The normalized spacial score (nSPS) is 12.0. The summed E-state index contributed by atoms with van der Waals surface area (Å²) in [5.41, 5.74) is 0.666. The maximum absolute atomic E-state index is 12.3. The van der Waals surface area contributed by atoms with Crippen molar-refractivity contribution in [2.75, 3.05) is 6.61 Å². The second-order valence-electron chi connectivity index (χ2n) is 8.24. The summed E-state index contributed by atoms with van der Waals surface area (Å²) in [6.07, 6.45) is 0.316. The summed E-state index contributed by atoms with van der Waals surface area (Å²) in [7, 11) is 0. The molecule has 0 saturated carbocycles. The van der Waals surface area contributed by atoms with Gasteiger partial charge in [-0.15, -0.1) is 0 Å². The Morgan fingerprint density at radius 1 is 1.10 bits per heavy atom. The van der Waals surface area contributed by atoms with Crippen LogP contribution < -0.4 is 5.32 Å². The molecule has 8 heteroatoms. The predicted molar refractivity (Wildman–Crippen MR) is 115 cm³/mol. The van der Waals surface area contributed by atoms with Crippen molar-refractivity contribution in [2.45, 2.75) is 45.6 Å². The van der Waals surface area contributed by atoms with E-state index in [1.54, 1.807) is 0 Å². The van der Waals surface area contributed by atoms with Gasteiger partial charge in [0.05, 0.1) is 16.5 Å². The number of benzene rings is 2. The first-order valence-electron chi connectivity index (χ1n) is 9.79. The van der Waals surface area contributed by atoms with E-state index in [1.807, 2.05) is 51.1 Å². The molecule has 2 aromatic rings. The Hall–Kier alpha value is -3.55. The largest absolute Gasteiger partial charge is 0.452 e. The average Bonchev–Trinajstić information content (AvgIpc) is 2.71. The van der Waals surface area contributed by atoms with E-state index < -0.39 is 34.9 Å². The molecule has 0 spiro atoms. The van der Waals surface area contributed by atoms with Crippen LogP contribution in [0.3, 0.4) is 0 Å². The van der Waals surface area contributed by atoms with Gasteiger partial charge in [-0.2, -0.15) is 0 Å². The molecule has 1 amide bonds. The van der Waals surface area contributed by atoms with Gasteiger partial charge in [0.25, 0.3) is 11.6 Å². The van der Waals surface area contributed by atoms with Crippen LogP contribution in [0.5, 0.6) is 0 Å². The Balaban J connectivity index is 2.02. The van der Waals surface area contributed by atoms with E-state index in [-0.39, 0.29) is 17.0 Å². The zero-order valence-corrected chi connectivity index (χ0v) is 18.0. The number of rotatable bonds is 8. The summed E-state index contributed by atoms with van der Waals surface area (Å²) in [4.78, 5) is 47.2. The molecule has 2 aromatic carbocycles. The summed E-state index contributed by atoms with van der Waals surface area (Å²) in [6, 6.07) is 12.5. The molecule has 0 bridgehead atoms. The number of nitrogens with one attached hydrogen (secondary N) is 1. The molecule has 0 aliphatic heterocycles. The van der Waals surface area contributed by atoms with E-state index in [0.29, 0.717) is 12.0 Å². The highest BCUT2D eigenvalue weighted by molar-refractivity contribution is 5.93. The maximum atomic E-state index is 12.3. The molecule has 0 fully saturated rings. The SMILES string of the molecule is CC(=O)C(Cc1ccccc1)NC(=O)COC(=O)c1ccc(C(C)(C)C)c([N+](=O)[O-])c1. The fraction of sp³-hybridized carbons (Fsp3) is 0.348. The topological polar surface area (TPSA) is 116 Å². The highest BCUT2D eigenvalue weighted by Gasteiger charge is 2.26. The molecule has 164 valence electrons. The number of Topliss-reactive ketones (excluding diaryl/α,β-unsaturated/α-hetero) is 1. The summed E-state index contributed by atoms with van der Waals surface area (Å²) in [5, 5.41) is 14.0. The third-order valence-electron chi connectivity index (χ3n) is 4.68. The number of nitro benzene ring substituents is 1. The summed E-state index contributed by atoms with van der Waals surface area (Å²) >= 11 is 0. The van der Waals surface area contributed by atoms with Gasteiger partial charge in [0.2, 0.25) is 0 Å². The third kappa shape index (κ3) is 6.74. The average molecular weight is 426 g/mol. The molecule has 1 N–H and O–H groups in total. The standard InChI is InChI=1S/C23H26N2O6/c1-15(26)19(12-16-8-6-5-7-9-16)24-21(27)14-31-22(28)17-10-11-18(23(2,3)4)20(13-17)25(29)30/h5-11,13,19H,12,14H2,1-4H3,(H,24,27). The molecule has 1 unspecified atom stereocenters. The minimum atomic E-state index is -0.860. The second kappa shape index (κ2) is 9.97. The fourth-order valence-corrected chi connectivity index (χ4v) is 3.04. The molecular weight excluding hydrogens is 400 g/mol. The highest BCUT2D eigenvalue weighted by atomic mass is 16.6. The summed E-state index contributed by atoms with van der Waals surface area (Å²) < 4.78 is 5.00. The molecule has 0 aliphatic rings. The quantitative estimate of drug-likeness (QED) is 0.393. The number of amides is 1. The molecule has 8 nitrogen and oxygen atoms in total. The van der Waals surface area contributed by atoms with Crippen LogP contribution in [0, 0.1) is 10.1 Å². The lowest BCUT2D eigenvalue weighted by molar-refractivity contribution is -0.386. The van der Waals surface area contributed by atoms with E-state index in [2.05, 4.69) is 5.32 Å².